The van der Waals surface area contributed by atoms with Gasteiger partial charge < -0.3 is 5.32 Å². The maximum Gasteiger partial charge on any atom is 0.235 e. The fourth-order valence-corrected chi connectivity index (χ4v) is 3.20. The van der Waals surface area contributed by atoms with Crippen LogP contribution in [0.2, 0.25) is 0 Å². The largest absolute Gasteiger partial charge is 0.367 e. The van der Waals surface area contributed by atoms with Crippen LogP contribution in [0.25, 0.3) is 17.0 Å². The van der Waals surface area contributed by atoms with Gasteiger partial charge in [-0.05, 0) is 25.8 Å². The molecule has 0 atom stereocenters. The highest BCUT2D eigenvalue weighted by Crippen LogP contribution is 2.31. The summed E-state index contributed by atoms with van der Waals surface area (Å²) in [7, 11) is 0. The Kier molecular flexibility index (Phi) is 3.29. The van der Waals surface area contributed by atoms with Gasteiger partial charge in [-0.3, -0.25) is 4.40 Å². The monoisotopic (exact) mass is 292 g/mol. The van der Waals surface area contributed by atoms with Crippen LogP contribution in [0.15, 0.2) is 42.7 Å². The summed E-state index contributed by atoms with van der Waals surface area (Å²) in [5.74, 6) is 1.82. The summed E-state index contributed by atoms with van der Waals surface area (Å²) in [5, 5.41) is 3.71. The van der Waals surface area contributed by atoms with Crippen molar-refractivity contribution in [2.45, 2.75) is 38.6 Å². The highest BCUT2D eigenvalue weighted by Gasteiger charge is 2.20. The number of imidazole rings is 1. The highest BCUT2D eigenvalue weighted by molar-refractivity contribution is 5.75. The minimum Gasteiger partial charge on any atom is -0.367 e. The van der Waals surface area contributed by atoms with Crippen molar-refractivity contribution in [3.63, 3.8) is 0 Å². The second kappa shape index (κ2) is 5.44. The lowest BCUT2D eigenvalue weighted by atomic mass is 10.1. The van der Waals surface area contributed by atoms with E-state index < -0.39 is 0 Å². The molecule has 1 fully saturated rings. The predicted molar refractivity (Wildman–Crippen MR) is 89.0 cm³/mol. The fraction of sp³-hybridized carbons (Fsp3) is 0.333. The van der Waals surface area contributed by atoms with Gasteiger partial charge in [0.15, 0.2) is 0 Å². The van der Waals surface area contributed by atoms with Crippen molar-refractivity contribution in [1.82, 2.24) is 14.4 Å². The van der Waals surface area contributed by atoms with Gasteiger partial charge in [0.1, 0.15) is 11.5 Å². The summed E-state index contributed by atoms with van der Waals surface area (Å²) in [5.41, 5.74) is 3.39. The van der Waals surface area contributed by atoms with E-state index in [1.165, 1.54) is 31.2 Å². The number of hydrogen-bond acceptors (Lipinski definition) is 3. The lowest BCUT2D eigenvalue weighted by Gasteiger charge is -2.14. The average molecular weight is 292 g/mol. The normalized spacial score (nSPS) is 15.5. The minimum atomic E-state index is 0.546. The van der Waals surface area contributed by atoms with Gasteiger partial charge in [0, 0.05) is 24.0 Å². The molecule has 1 N–H and O–H groups in total. The molecule has 0 spiro atoms. The quantitative estimate of drug-likeness (QED) is 0.791. The van der Waals surface area contributed by atoms with Crippen molar-refractivity contribution >= 4 is 11.6 Å². The van der Waals surface area contributed by atoms with Gasteiger partial charge in [0.25, 0.3) is 0 Å². The standard InChI is InChI=1S/C18H20N4/c1-13-7-9-14(10-8-13)16-17(20-15-5-2-3-6-15)22-12-4-11-19-18(22)21-16/h4,7-12,15,20H,2-3,5-6H2,1H3. The van der Waals surface area contributed by atoms with E-state index in [9.17, 15) is 0 Å². The second-order valence-corrected chi connectivity index (χ2v) is 6.09. The van der Waals surface area contributed by atoms with Crippen molar-refractivity contribution in [3.05, 3.63) is 48.3 Å². The number of nitrogens with one attached hydrogen (secondary N) is 1. The van der Waals surface area contributed by atoms with E-state index >= 15 is 0 Å². The molecule has 1 aliphatic rings. The van der Waals surface area contributed by atoms with E-state index in [1.807, 2.05) is 12.3 Å². The molecule has 112 valence electrons. The lowest BCUT2D eigenvalue weighted by molar-refractivity contribution is 0.749. The zero-order valence-electron chi connectivity index (χ0n) is 12.8. The Morgan fingerprint density at radius 1 is 1.14 bits per heavy atom. The molecular weight excluding hydrogens is 272 g/mol. The molecule has 22 heavy (non-hydrogen) atoms. The van der Waals surface area contributed by atoms with Gasteiger partial charge in [0.2, 0.25) is 5.78 Å². The molecule has 0 bridgehead atoms. The summed E-state index contributed by atoms with van der Waals surface area (Å²) in [6.45, 7) is 2.10. The van der Waals surface area contributed by atoms with E-state index in [0.717, 1.165) is 22.9 Å². The van der Waals surface area contributed by atoms with Crippen LogP contribution in [0.5, 0.6) is 0 Å². The van der Waals surface area contributed by atoms with Crippen molar-refractivity contribution < 1.29 is 0 Å². The molecule has 0 unspecified atom stereocenters. The number of anilines is 1. The fourth-order valence-electron chi connectivity index (χ4n) is 3.20. The van der Waals surface area contributed by atoms with E-state index in [-0.39, 0.29) is 0 Å². The van der Waals surface area contributed by atoms with Crippen LogP contribution >= 0.6 is 0 Å². The number of rotatable bonds is 3. The van der Waals surface area contributed by atoms with Gasteiger partial charge >= 0.3 is 0 Å². The number of fused-ring (bicyclic) bond motifs is 1. The highest BCUT2D eigenvalue weighted by atomic mass is 15.2. The van der Waals surface area contributed by atoms with Crippen molar-refractivity contribution in [2.24, 2.45) is 0 Å². The lowest BCUT2D eigenvalue weighted by Crippen LogP contribution is -2.16. The first-order valence-corrected chi connectivity index (χ1v) is 7.98. The Bertz CT molecular complexity index is 782. The molecule has 0 radical (unpaired) electrons. The van der Waals surface area contributed by atoms with Crippen molar-refractivity contribution in [3.8, 4) is 11.3 Å². The first-order valence-electron chi connectivity index (χ1n) is 7.98. The van der Waals surface area contributed by atoms with E-state index in [0.29, 0.717) is 6.04 Å². The maximum absolute atomic E-state index is 4.74. The zero-order valence-corrected chi connectivity index (χ0v) is 12.8. The molecule has 2 heterocycles. The summed E-state index contributed by atoms with van der Waals surface area (Å²) in [6.07, 6.45) is 8.92. The molecule has 0 amide bonds. The van der Waals surface area contributed by atoms with Crippen molar-refractivity contribution in [2.75, 3.05) is 5.32 Å². The topological polar surface area (TPSA) is 42.2 Å². The first-order chi connectivity index (χ1) is 10.8. The summed E-state index contributed by atoms with van der Waals surface area (Å²) in [4.78, 5) is 9.14. The SMILES string of the molecule is Cc1ccc(-c2nc3ncccn3c2NC2CCCC2)cc1. The van der Waals surface area contributed by atoms with Crippen LogP contribution in [-0.2, 0) is 0 Å². The van der Waals surface area contributed by atoms with Gasteiger partial charge in [-0.25, -0.2) is 9.97 Å². The third-order valence-electron chi connectivity index (χ3n) is 4.42. The van der Waals surface area contributed by atoms with Crippen LogP contribution < -0.4 is 5.32 Å². The van der Waals surface area contributed by atoms with E-state index in [4.69, 9.17) is 4.98 Å². The zero-order chi connectivity index (χ0) is 14.9. The number of benzene rings is 1. The van der Waals surface area contributed by atoms with Gasteiger partial charge in [-0.15, -0.1) is 0 Å². The number of aryl methyl sites for hydroxylation is 1. The summed E-state index contributed by atoms with van der Waals surface area (Å²) < 4.78 is 2.06. The Balaban J connectivity index is 1.83. The second-order valence-electron chi connectivity index (χ2n) is 6.09. The molecule has 4 rings (SSSR count). The number of hydrogen-bond donors (Lipinski definition) is 1. The smallest absolute Gasteiger partial charge is 0.235 e. The van der Waals surface area contributed by atoms with Crippen LogP contribution in [0.1, 0.15) is 31.2 Å². The summed E-state index contributed by atoms with van der Waals surface area (Å²) >= 11 is 0. The van der Waals surface area contributed by atoms with Crippen LogP contribution in [0.4, 0.5) is 5.82 Å². The Morgan fingerprint density at radius 3 is 2.68 bits per heavy atom. The maximum atomic E-state index is 4.74. The summed E-state index contributed by atoms with van der Waals surface area (Å²) in [6, 6.07) is 11.0. The molecule has 1 aliphatic carbocycles. The van der Waals surface area contributed by atoms with Crippen LogP contribution in [0, 0.1) is 6.92 Å². The molecule has 1 aromatic carbocycles. The first kappa shape index (κ1) is 13.3. The molecule has 0 saturated heterocycles. The number of nitrogens with zero attached hydrogens (tertiary/aromatic N) is 3. The molecular formula is C18H20N4. The molecule has 4 nitrogen and oxygen atoms in total. The van der Waals surface area contributed by atoms with E-state index in [2.05, 4.69) is 45.9 Å². The molecule has 1 saturated carbocycles. The Morgan fingerprint density at radius 2 is 1.91 bits per heavy atom. The van der Waals surface area contributed by atoms with Gasteiger partial charge in [0.05, 0.1) is 0 Å². The predicted octanol–water partition coefficient (Wildman–Crippen LogP) is 4.06. The molecule has 4 heteroatoms. The molecule has 2 aromatic heterocycles. The van der Waals surface area contributed by atoms with Gasteiger partial charge in [-0.2, -0.15) is 0 Å². The average Bonchev–Trinajstić information content (AvgIpc) is 3.17. The van der Waals surface area contributed by atoms with E-state index in [1.54, 1.807) is 6.20 Å². The third-order valence-corrected chi connectivity index (χ3v) is 4.42. The van der Waals surface area contributed by atoms with Crippen LogP contribution in [0.3, 0.4) is 0 Å². The van der Waals surface area contributed by atoms with Gasteiger partial charge in [-0.1, -0.05) is 42.7 Å². The number of aromatic nitrogens is 3. The Hall–Kier alpha value is -2.36. The van der Waals surface area contributed by atoms with Crippen LogP contribution in [-0.4, -0.2) is 20.4 Å². The molecule has 0 aliphatic heterocycles. The Labute approximate surface area is 130 Å². The van der Waals surface area contributed by atoms with Crippen molar-refractivity contribution in [1.29, 1.82) is 0 Å². The molecule has 3 aromatic rings. The third kappa shape index (κ3) is 2.34. The minimum absolute atomic E-state index is 0.546.